The lowest BCUT2D eigenvalue weighted by molar-refractivity contribution is -0.139. The summed E-state index contributed by atoms with van der Waals surface area (Å²) in [5.41, 5.74) is 0.352. The van der Waals surface area contributed by atoms with E-state index in [9.17, 15) is 9.59 Å². The standard InChI is InChI=1S/C16H15NO4/c1-20-15(18)11-17-16(19)13-9-5-6-10-14(13)21-12-7-3-2-4-8-12/h2-10H,11H2,1H3,(H,17,19). The van der Waals surface area contributed by atoms with Gasteiger partial charge in [0.25, 0.3) is 5.91 Å². The summed E-state index contributed by atoms with van der Waals surface area (Å²) in [6, 6.07) is 16.0. The van der Waals surface area contributed by atoms with E-state index in [4.69, 9.17) is 4.74 Å². The second-order valence-electron chi connectivity index (χ2n) is 4.17. The van der Waals surface area contributed by atoms with Gasteiger partial charge in [-0.2, -0.15) is 0 Å². The molecule has 0 aliphatic rings. The minimum absolute atomic E-state index is 0.186. The zero-order valence-electron chi connectivity index (χ0n) is 11.5. The predicted octanol–water partition coefficient (Wildman–Crippen LogP) is 2.38. The van der Waals surface area contributed by atoms with Crippen molar-refractivity contribution in [1.82, 2.24) is 5.32 Å². The number of rotatable bonds is 5. The van der Waals surface area contributed by atoms with Gasteiger partial charge in [0.15, 0.2) is 0 Å². The summed E-state index contributed by atoms with van der Waals surface area (Å²) in [7, 11) is 1.26. The van der Waals surface area contributed by atoms with E-state index in [-0.39, 0.29) is 6.54 Å². The highest BCUT2D eigenvalue weighted by Gasteiger charge is 2.13. The third kappa shape index (κ3) is 4.07. The molecule has 108 valence electrons. The SMILES string of the molecule is COC(=O)CNC(=O)c1ccccc1Oc1ccccc1. The Morgan fingerprint density at radius 1 is 1.00 bits per heavy atom. The second kappa shape index (κ2) is 7.09. The number of amides is 1. The van der Waals surface area contributed by atoms with Crippen LogP contribution >= 0.6 is 0 Å². The number of para-hydroxylation sites is 2. The van der Waals surface area contributed by atoms with Gasteiger partial charge in [-0.3, -0.25) is 9.59 Å². The van der Waals surface area contributed by atoms with Crippen molar-refractivity contribution in [2.24, 2.45) is 0 Å². The fraction of sp³-hybridized carbons (Fsp3) is 0.125. The first-order valence-electron chi connectivity index (χ1n) is 6.37. The molecule has 0 unspecified atom stereocenters. The van der Waals surface area contributed by atoms with Crippen LogP contribution in [0.25, 0.3) is 0 Å². The topological polar surface area (TPSA) is 64.6 Å². The number of methoxy groups -OCH3 is 1. The van der Waals surface area contributed by atoms with E-state index in [1.54, 1.807) is 36.4 Å². The molecule has 5 nitrogen and oxygen atoms in total. The highest BCUT2D eigenvalue weighted by molar-refractivity contribution is 5.98. The molecule has 0 saturated heterocycles. The number of benzene rings is 2. The van der Waals surface area contributed by atoms with Crippen molar-refractivity contribution in [2.45, 2.75) is 0 Å². The molecule has 0 spiro atoms. The number of carbonyl (C=O) groups excluding carboxylic acids is 2. The summed E-state index contributed by atoms with van der Waals surface area (Å²) >= 11 is 0. The van der Waals surface area contributed by atoms with Gasteiger partial charge >= 0.3 is 5.97 Å². The summed E-state index contributed by atoms with van der Waals surface area (Å²) in [4.78, 5) is 23.1. The summed E-state index contributed by atoms with van der Waals surface area (Å²) in [5, 5.41) is 2.48. The van der Waals surface area contributed by atoms with E-state index in [2.05, 4.69) is 10.1 Å². The smallest absolute Gasteiger partial charge is 0.325 e. The van der Waals surface area contributed by atoms with Crippen molar-refractivity contribution in [3.05, 3.63) is 60.2 Å². The molecule has 0 aliphatic carbocycles. The van der Waals surface area contributed by atoms with Gasteiger partial charge in [-0.05, 0) is 24.3 Å². The Kier molecular flexibility index (Phi) is 4.93. The predicted molar refractivity (Wildman–Crippen MR) is 77.3 cm³/mol. The fourth-order valence-electron chi connectivity index (χ4n) is 1.68. The number of carbonyl (C=O) groups is 2. The molecule has 0 radical (unpaired) electrons. The van der Waals surface area contributed by atoms with Crippen LogP contribution in [-0.4, -0.2) is 25.5 Å². The van der Waals surface area contributed by atoms with Crippen LogP contribution in [0.3, 0.4) is 0 Å². The van der Waals surface area contributed by atoms with Gasteiger partial charge in [-0.15, -0.1) is 0 Å². The molecule has 0 heterocycles. The maximum atomic E-state index is 12.1. The lowest BCUT2D eigenvalue weighted by Crippen LogP contribution is -2.30. The van der Waals surface area contributed by atoms with E-state index in [0.29, 0.717) is 17.1 Å². The van der Waals surface area contributed by atoms with Gasteiger partial charge in [-0.1, -0.05) is 30.3 Å². The largest absolute Gasteiger partial charge is 0.468 e. The van der Waals surface area contributed by atoms with Crippen LogP contribution in [0.4, 0.5) is 0 Å². The van der Waals surface area contributed by atoms with Gasteiger partial charge < -0.3 is 14.8 Å². The molecular weight excluding hydrogens is 270 g/mol. The average molecular weight is 285 g/mol. The van der Waals surface area contributed by atoms with Crippen LogP contribution in [0.5, 0.6) is 11.5 Å². The monoisotopic (exact) mass is 285 g/mol. The van der Waals surface area contributed by atoms with E-state index in [1.807, 2.05) is 18.2 Å². The third-order valence-corrected chi connectivity index (χ3v) is 2.72. The Morgan fingerprint density at radius 3 is 2.38 bits per heavy atom. The second-order valence-corrected chi connectivity index (χ2v) is 4.17. The van der Waals surface area contributed by atoms with Gasteiger partial charge in [0, 0.05) is 0 Å². The van der Waals surface area contributed by atoms with Crippen molar-refractivity contribution < 1.29 is 19.1 Å². The van der Waals surface area contributed by atoms with Crippen molar-refractivity contribution in [2.75, 3.05) is 13.7 Å². The zero-order valence-corrected chi connectivity index (χ0v) is 11.5. The van der Waals surface area contributed by atoms with Crippen LogP contribution in [0.2, 0.25) is 0 Å². The van der Waals surface area contributed by atoms with E-state index >= 15 is 0 Å². The lowest BCUT2D eigenvalue weighted by atomic mass is 10.2. The summed E-state index contributed by atoms with van der Waals surface area (Å²) in [5.74, 6) is 0.147. The van der Waals surface area contributed by atoms with E-state index in [0.717, 1.165) is 0 Å². The maximum Gasteiger partial charge on any atom is 0.325 e. The summed E-state index contributed by atoms with van der Waals surface area (Å²) in [6.45, 7) is -0.186. The number of esters is 1. The van der Waals surface area contributed by atoms with Crippen molar-refractivity contribution >= 4 is 11.9 Å². The molecule has 5 heteroatoms. The van der Waals surface area contributed by atoms with Gasteiger partial charge in [0.1, 0.15) is 18.0 Å². The molecular formula is C16H15NO4. The Balaban J connectivity index is 2.13. The number of hydrogen-bond donors (Lipinski definition) is 1. The molecule has 1 amide bonds. The first-order chi connectivity index (χ1) is 10.2. The normalized spacial score (nSPS) is 9.76. The lowest BCUT2D eigenvalue weighted by Gasteiger charge is -2.11. The molecule has 0 saturated carbocycles. The molecule has 0 atom stereocenters. The van der Waals surface area contributed by atoms with Crippen molar-refractivity contribution in [1.29, 1.82) is 0 Å². The Hall–Kier alpha value is -2.82. The minimum atomic E-state index is -0.509. The van der Waals surface area contributed by atoms with Crippen LogP contribution in [0, 0.1) is 0 Å². The quantitative estimate of drug-likeness (QED) is 0.857. The van der Waals surface area contributed by atoms with Gasteiger partial charge in [0.2, 0.25) is 0 Å². The van der Waals surface area contributed by atoms with Crippen LogP contribution in [0.1, 0.15) is 10.4 Å². The zero-order chi connectivity index (χ0) is 15.1. The Labute approximate surface area is 122 Å². The number of ether oxygens (including phenoxy) is 2. The summed E-state index contributed by atoms with van der Waals surface area (Å²) < 4.78 is 10.2. The molecule has 1 N–H and O–H groups in total. The first kappa shape index (κ1) is 14.6. The molecule has 2 aromatic rings. The molecule has 21 heavy (non-hydrogen) atoms. The van der Waals surface area contributed by atoms with Crippen molar-refractivity contribution in [3.8, 4) is 11.5 Å². The Morgan fingerprint density at radius 2 is 1.67 bits per heavy atom. The molecule has 0 fully saturated rings. The fourth-order valence-corrected chi connectivity index (χ4v) is 1.68. The van der Waals surface area contributed by atoms with Gasteiger partial charge in [0.05, 0.1) is 12.7 Å². The average Bonchev–Trinajstić information content (AvgIpc) is 2.53. The highest BCUT2D eigenvalue weighted by Crippen LogP contribution is 2.24. The van der Waals surface area contributed by atoms with E-state index < -0.39 is 11.9 Å². The van der Waals surface area contributed by atoms with Crippen LogP contribution in [-0.2, 0) is 9.53 Å². The number of hydrogen-bond acceptors (Lipinski definition) is 4. The number of nitrogens with one attached hydrogen (secondary N) is 1. The van der Waals surface area contributed by atoms with Crippen LogP contribution in [0.15, 0.2) is 54.6 Å². The van der Waals surface area contributed by atoms with Crippen LogP contribution < -0.4 is 10.1 Å². The van der Waals surface area contributed by atoms with E-state index in [1.165, 1.54) is 7.11 Å². The molecule has 2 rings (SSSR count). The summed E-state index contributed by atoms with van der Waals surface area (Å²) in [6.07, 6.45) is 0. The maximum absolute atomic E-state index is 12.1. The van der Waals surface area contributed by atoms with Gasteiger partial charge in [-0.25, -0.2) is 0 Å². The Bertz CT molecular complexity index is 625. The first-order valence-corrected chi connectivity index (χ1v) is 6.37. The molecule has 0 bridgehead atoms. The minimum Gasteiger partial charge on any atom is -0.468 e. The molecule has 0 aromatic heterocycles. The third-order valence-electron chi connectivity index (χ3n) is 2.72. The molecule has 2 aromatic carbocycles. The van der Waals surface area contributed by atoms with Crippen molar-refractivity contribution in [3.63, 3.8) is 0 Å². The highest BCUT2D eigenvalue weighted by atomic mass is 16.5. The molecule has 0 aliphatic heterocycles.